The monoisotopic (exact) mass is 381 g/mol. The third-order valence-corrected chi connectivity index (χ3v) is 5.02. The van der Waals surface area contributed by atoms with Crippen LogP contribution in [0.4, 0.5) is 0 Å². The van der Waals surface area contributed by atoms with E-state index in [-0.39, 0.29) is 5.92 Å². The lowest BCUT2D eigenvalue weighted by molar-refractivity contribution is 0.0595. The molecule has 0 atom stereocenters. The zero-order chi connectivity index (χ0) is 19.7. The summed E-state index contributed by atoms with van der Waals surface area (Å²) in [7, 11) is 1.39. The topological polar surface area (TPSA) is 39.2 Å². The number of fused-ring (bicyclic) bond motifs is 1. The molecule has 2 aromatic carbocycles. The Kier molecular flexibility index (Phi) is 5.52. The van der Waals surface area contributed by atoms with Crippen LogP contribution in [0.25, 0.3) is 22.0 Å². The second-order valence-electron chi connectivity index (χ2n) is 7.34. The molecular formula is C23H24ClNO2. The molecule has 4 heteroatoms. The summed E-state index contributed by atoms with van der Waals surface area (Å²) in [5.41, 5.74) is 5.16. The van der Waals surface area contributed by atoms with Gasteiger partial charge in [0.2, 0.25) is 0 Å². The van der Waals surface area contributed by atoms with E-state index >= 15 is 0 Å². The summed E-state index contributed by atoms with van der Waals surface area (Å²) < 4.78 is 5.06. The molecule has 1 heterocycles. The molecule has 1 aromatic heterocycles. The van der Waals surface area contributed by atoms with Crippen molar-refractivity contribution in [1.29, 1.82) is 0 Å². The van der Waals surface area contributed by atoms with Crippen LogP contribution < -0.4 is 0 Å². The van der Waals surface area contributed by atoms with Crippen molar-refractivity contribution in [2.45, 2.75) is 39.5 Å². The second-order valence-corrected chi connectivity index (χ2v) is 7.77. The van der Waals surface area contributed by atoms with Gasteiger partial charge >= 0.3 is 5.97 Å². The lowest BCUT2D eigenvalue weighted by Crippen LogP contribution is -2.11. The minimum absolute atomic E-state index is 0.176. The molecular weight excluding hydrogens is 358 g/mol. The first-order chi connectivity index (χ1) is 12.8. The van der Waals surface area contributed by atoms with Crippen LogP contribution in [0.5, 0.6) is 0 Å². The van der Waals surface area contributed by atoms with Crippen LogP contribution in [0.3, 0.4) is 0 Å². The van der Waals surface area contributed by atoms with Gasteiger partial charge in [-0.15, -0.1) is 0 Å². The van der Waals surface area contributed by atoms with Crippen LogP contribution in [0.2, 0.25) is 5.02 Å². The van der Waals surface area contributed by atoms with Gasteiger partial charge in [0, 0.05) is 16.0 Å². The van der Waals surface area contributed by atoms with Crippen molar-refractivity contribution in [1.82, 2.24) is 4.98 Å². The smallest absolute Gasteiger partial charge is 0.357 e. The number of pyridine rings is 1. The third kappa shape index (κ3) is 3.70. The van der Waals surface area contributed by atoms with Gasteiger partial charge in [0.1, 0.15) is 0 Å². The molecule has 0 spiro atoms. The largest absolute Gasteiger partial charge is 0.464 e. The average Bonchev–Trinajstić information content (AvgIpc) is 2.65. The highest BCUT2D eigenvalue weighted by Gasteiger charge is 2.24. The number of hydrogen-bond donors (Lipinski definition) is 0. The Hall–Kier alpha value is -2.39. The summed E-state index contributed by atoms with van der Waals surface area (Å²) in [4.78, 5) is 17.2. The number of rotatable bonds is 4. The van der Waals surface area contributed by atoms with E-state index in [0.29, 0.717) is 16.6 Å². The van der Waals surface area contributed by atoms with Crippen molar-refractivity contribution >= 4 is 28.5 Å². The Bertz CT molecular complexity index is 1010. The summed E-state index contributed by atoms with van der Waals surface area (Å²) in [6.07, 6.45) is 0. The summed E-state index contributed by atoms with van der Waals surface area (Å²) in [6, 6.07) is 13.9. The lowest BCUT2D eigenvalue weighted by atomic mass is 9.87. The van der Waals surface area contributed by atoms with Crippen molar-refractivity contribution in [2.75, 3.05) is 7.11 Å². The molecule has 0 N–H and O–H groups in total. The van der Waals surface area contributed by atoms with E-state index in [4.69, 9.17) is 16.3 Å². The van der Waals surface area contributed by atoms with E-state index < -0.39 is 5.97 Å². The fourth-order valence-electron chi connectivity index (χ4n) is 3.45. The highest BCUT2D eigenvalue weighted by atomic mass is 35.5. The molecule has 0 unspecified atom stereocenters. The van der Waals surface area contributed by atoms with Gasteiger partial charge in [-0.1, -0.05) is 63.6 Å². The second kappa shape index (κ2) is 7.69. The van der Waals surface area contributed by atoms with Gasteiger partial charge in [-0.3, -0.25) is 0 Å². The van der Waals surface area contributed by atoms with Crippen molar-refractivity contribution < 1.29 is 9.53 Å². The van der Waals surface area contributed by atoms with Crippen LogP contribution in [0.15, 0.2) is 42.5 Å². The Balaban J connectivity index is 2.46. The molecule has 3 nitrogen and oxygen atoms in total. The normalized spacial score (nSPS) is 11.4. The molecule has 0 aliphatic rings. The molecule has 0 amide bonds. The van der Waals surface area contributed by atoms with Gasteiger partial charge in [-0.05, 0) is 46.7 Å². The number of aromatic nitrogens is 1. The van der Waals surface area contributed by atoms with Gasteiger partial charge in [0.15, 0.2) is 5.69 Å². The Labute approximate surface area is 165 Å². The number of halogens is 1. The van der Waals surface area contributed by atoms with Gasteiger partial charge < -0.3 is 4.74 Å². The predicted molar refractivity (Wildman–Crippen MR) is 112 cm³/mol. The number of nitrogens with zero attached hydrogens (tertiary/aromatic N) is 1. The maximum atomic E-state index is 12.6. The van der Waals surface area contributed by atoms with Gasteiger partial charge in [0.25, 0.3) is 0 Å². The number of ether oxygens (including phenoxy) is 1. The van der Waals surface area contributed by atoms with Crippen molar-refractivity contribution in [2.24, 2.45) is 0 Å². The van der Waals surface area contributed by atoms with Crippen LogP contribution >= 0.6 is 11.6 Å². The van der Waals surface area contributed by atoms with E-state index in [1.54, 1.807) is 6.07 Å². The number of hydrogen-bond acceptors (Lipinski definition) is 3. The quantitative estimate of drug-likeness (QED) is 0.478. The maximum absolute atomic E-state index is 12.6. The predicted octanol–water partition coefficient (Wildman–Crippen LogP) is 6.59. The number of carbonyl (C=O) groups is 1. The molecule has 0 fully saturated rings. The minimum Gasteiger partial charge on any atom is -0.464 e. The summed E-state index contributed by atoms with van der Waals surface area (Å²) >= 11 is 6.27. The Morgan fingerprint density at radius 3 is 2.41 bits per heavy atom. The van der Waals surface area contributed by atoms with E-state index in [1.165, 1.54) is 12.7 Å². The summed E-state index contributed by atoms with van der Waals surface area (Å²) in [5, 5.41) is 1.62. The molecule has 27 heavy (non-hydrogen) atoms. The fourth-order valence-corrected chi connectivity index (χ4v) is 3.62. The number of benzene rings is 2. The van der Waals surface area contributed by atoms with E-state index in [0.717, 1.165) is 27.6 Å². The van der Waals surface area contributed by atoms with Crippen LogP contribution in [-0.4, -0.2) is 18.1 Å². The van der Waals surface area contributed by atoms with Gasteiger partial charge in [-0.25, -0.2) is 9.78 Å². The van der Waals surface area contributed by atoms with Crippen molar-refractivity contribution in [3.8, 4) is 11.1 Å². The molecule has 0 saturated carbocycles. The maximum Gasteiger partial charge on any atom is 0.357 e. The number of methoxy groups -OCH3 is 1. The Morgan fingerprint density at radius 2 is 1.78 bits per heavy atom. The van der Waals surface area contributed by atoms with Gasteiger partial charge in [-0.2, -0.15) is 0 Å². The lowest BCUT2D eigenvalue weighted by Gasteiger charge is -2.20. The summed E-state index contributed by atoms with van der Waals surface area (Å²) in [6.45, 7) is 8.54. The molecule has 0 aliphatic heterocycles. The number of esters is 1. The van der Waals surface area contributed by atoms with Crippen molar-refractivity contribution in [3.63, 3.8) is 0 Å². The van der Waals surface area contributed by atoms with E-state index in [2.05, 4.69) is 44.8 Å². The fraction of sp³-hybridized carbons (Fsp3) is 0.304. The molecule has 0 saturated heterocycles. The molecule has 0 radical (unpaired) electrons. The Morgan fingerprint density at radius 1 is 1.04 bits per heavy atom. The van der Waals surface area contributed by atoms with E-state index in [9.17, 15) is 4.79 Å². The SMILES string of the molecule is COC(=O)c1nc2ccc(Cl)cc2c(C(C)C)c1-c1cccc(C(C)C)c1. The molecule has 3 aromatic rings. The first-order valence-electron chi connectivity index (χ1n) is 9.15. The van der Waals surface area contributed by atoms with Gasteiger partial charge in [0.05, 0.1) is 12.6 Å². The average molecular weight is 382 g/mol. The standard InChI is InChI=1S/C23H24ClNO2/c1-13(2)15-7-6-8-16(11-15)21-20(14(3)4)18-12-17(24)9-10-19(18)25-22(21)23(26)27-5/h6-14H,1-5H3. The molecule has 0 bridgehead atoms. The molecule has 3 rings (SSSR count). The van der Waals surface area contributed by atoms with Crippen LogP contribution in [0, 0.1) is 0 Å². The van der Waals surface area contributed by atoms with Crippen LogP contribution in [0.1, 0.15) is 61.1 Å². The zero-order valence-corrected chi connectivity index (χ0v) is 17.1. The molecule has 140 valence electrons. The zero-order valence-electron chi connectivity index (χ0n) is 16.3. The van der Waals surface area contributed by atoms with E-state index in [1.807, 2.05) is 24.3 Å². The third-order valence-electron chi connectivity index (χ3n) is 4.79. The first kappa shape index (κ1) is 19.4. The highest BCUT2D eigenvalue weighted by Crippen LogP contribution is 2.38. The molecule has 0 aliphatic carbocycles. The van der Waals surface area contributed by atoms with Crippen LogP contribution in [-0.2, 0) is 4.74 Å². The highest BCUT2D eigenvalue weighted by molar-refractivity contribution is 6.31. The summed E-state index contributed by atoms with van der Waals surface area (Å²) in [5.74, 6) is 0.130. The number of carbonyl (C=O) groups excluding carboxylic acids is 1. The minimum atomic E-state index is -0.432. The van der Waals surface area contributed by atoms with Crippen molar-refractivity contribution in [3.05, 3.63) is 64.3 Å². The first-order valence-corrected chi connectivity index (χ1v) is 9.53.